The Bertz CT molecular complexity index is 80.5. The van der Waals surface area contributed by atoms with Crippen LogP contribution in [0.2, 0.25) is 0 Å². The predicted octanol–water partition coefficient (Wildman–Crippen LogP) is 0.617. The van der Waals surface area contributed by atoms with Gasteiger partial charge in [-0.2, -0.15) is 0 Å². The van der Waals surface area contributed by atoms with Crippen molar-refractivity contribution in [3.63, 3.8) is 0 Å². The van der Waals surface area contributed by atoms with Gasteiger partial charge in [-0.15, -0.1) is 0 Å². The third-order valence-corrected chi connectivity index (χ3v) is 1.56. The van der Waals surface area contributed by atoms with Crippen LogP contribution in [0.15, 0.2) is 0 Å². The fourth-order valence-electron chi connectivity index (χ4n) is 0.482. The molecule has 0 aromatic heterocycles. The first-order chi connectivity index (χ1) is 3.72. The van der Waals surface area contributed by atoms with Crippen molar-refractivity contribution in [1.82, 2.24) is 4.90 Å². The topological polar surface area (TPSA) is 20.3 Å². The van der Waals surface area contributed by atoms with Crippen molar-refractivity contribution < 1.29 is 4.79 Å². The van der Waals surface area contributed by atoms with E-state index in [1.165, 1.54) is 0 Å². The van der Waals surface area contributed by atoms with Gasteiger partial charge in [0.05, 0.1) is 0 Å². The molecule has 8 heavy (non-hydrogen) atoms. The number of hydrogen-bond acceptors (Lipinski definition) is 1. The first-order valence-corrected chi connectivity index (χ1v) is 3.54. The van der Waals surface area contributed by atoms with E-state index in [4.69, 9.17) is 0 Å². The molecule has 0 aromatic rings. The van der Waals surface area contributed by atoms with Gasteiger partial charge in [-0.3, -0.25) is 0 Å². The van der Waals surface area contributed by atoms with E-state index in [1.807, 2.05) is 13.8 Å². The Balaban J connectivity index is 3.52. The summed E-state index contributed by atoms with van der Waals surface area (Å²) in [6.45, 7) is 5.50. The van der Waals surface area contributed by atoms with Gasteiger partial charge in [0.2, 0.25) is 0 Å². The SMILES string of the molecule is CCN(CC)C(=O)[Se-]. The molecule has 0 aliphatic heterocycles. The number of carbonyl (C=O) groups is 1. The summed E-state index contributed by atoms with van der Waals surface area (Å²) in [7, 11) is 0. The van der Waals surface area contributed by atoms with Gasteiger partial charge >= 0.3 is 57.4 Å². The van der Waals surface area contributed by atoms with Crippen molar-refractivity contribution in [2.75, 3.05) is 13.1 Å². The maximum absolute atomic E-state index is 10.5. The molecule has 0 aliphatic carbocycles. The molecule has 0 saturated heterocycles. The van der Waals surface area contributed by atoms with Crippen LogP contribution in [0.5, 0.6) is 0 Å². The van der Waals surface area contributed by atoms with Gasteiger partial charge in [0.15, 0.2) is 0 Å². The van der Waals surface area contributed by atoms with E-state index in [0.717, 1.165) is 13.1 Å². The summed E-state index contributed by atoms with van der Waals surface area (Å²) in [6.07, 6.45) is 0. The normalized spacial score (nSPS) is 8.75. The van der Waals surface area contributed by atoms with Crippen molar-refractivity contribution in [3.8, 4) is 0 Å². The average molecular weight is 179 g/mol. The molecular weight excluding hydrogens is 169 g/mol. The molecule has 3 heteroatoms. The summed E-state index contributed by atoms with van der Waals surface area (Å²) in [5.41, 5.74) is 0. The van der Waals surface area contributed by atoms with Crippen LogP contribution in [0.4, 0.5) is 4.79 Å². The van der Waals surface area contributed by atoms with Crippen molar-refractivity contribution in [2.24, 2.45) is 0 Å². The van der Waals surface area contributed by atoms with Gasteiger partial charge in [-0.05, 0) is 0 Å². The average Bonchev–Trinajstić information content (AvgIpc) is 1.69. The first-order valence-electron chi connectivity index (χ1n) is 2.68. The van der Waals surface area contributed by atoms with Gasteiger partial charge in [0, 0.05) is 0 Å². The Morgan fingerprint density at radius 1 is 1.50 bits per heavy atom. The van der Waals surface area contributed by atoms with Crippen LogP contribution in [0.3, 0.4) is 0 Å². The molecule has 0 N–H and O–H groups in total. The van der Waals surface area contributed by atoms with E-state index in [1.54, 1.807) is 4.90 Å². The number of nitrogens with zero attached hydrogens (tertiary/aromatic N) is 1. The van der Waals surface area contributed by atoms with Gasteiger partial charge in [0.1, 0.15) is 0 Å². The van der Waals surface area contributed by atoms with Crippen molar-refractivity contribution in [2.45, 2.75) is 13.8 Å². The number of rotatable bonds is 2. The van der Waals surface area contributed by atoms with Gasteiger partial charge in [-0.25, -0.2) is 0 Å². The molecule has 0 heterocycles. The van der Waals surface area contributed by atoms with Crippen molar-refractivity contribution in [1.29, 1.82) is 0 Å². The summed E-state index contributed by atoms with van der Waals surface area (Å²) in [4.78, 5) is 12.2. The molecule has 2 nitrogen and oxygen atoms in total. The molecule has 0 radical (unpaired) electrons. The van der Waals surface area contributed by atoms with Crippen molar-refractivity contribution in [3.05, 3.63) is 0 Å². The van der Waals surface area contributed by atoms with E-state index in [9.17, 15) is 4.79 Å². The molecule has 0 aliphatic rings. The van der Waals surface area contributed by atoms with Crippen LogP contribution < -0.4 is 0 Å². The fraction of sp³-hybridized carbons (Fsp3) is 0.800. The number of hydrogen-bond donors (Lipinski definition) is 0. The van der Waals surface area contributed by atoms with Gasteiger partial charge < -0.3 is 0 Å². The summed E-state index contributed by atoms with van der Waals surface area (Å²) < 4.78 is 0. The maximum atomic E-state index is 10.5. The molecule has 0 spiro atoms. The van der Waals surface area contributed by atoms with E-state index in [-0.39, 0.29) is 4.81 Å². The van der Waals surface area contributed by atoms with E-state index in [0.29, 0.717) is 0 Å². The zero-order chi connectivity index (χ0) is 6.57. The van der Waals surface area contributed by atoms with Crippen LogP contribution in [0, 0.1) is 0 Å². The second-order valence-electron chi connectivity index (χ2n) is 1.44. The van der Waals surface area contributed by atoms with Crippen LogP contribution >= 0.6 is 0 Å². The molecule has 48 valence electrons. The molecule has 0 rings (SSSR count). The molecule has 0 bridgehead atoms. The zero-order valence-corrected chi connectivity index (χ0v) is 6.89. The summed E-state index contributed by atoms with van der Waals surface area (Å²) in [5, 5.41) is 0. The summed E-state index contributed by atoms with van der Waals surface area (Å²) in [5.74, 6) is 0. The Morgan fingerprint density at radius 3 is 1.88 bits per heavy atom. The minimum absolute atomic E-state index is 0.0370. The van der Waals surface area contributed by atoms with Crippen LogP contribution in [-0.2, 0) is 0 Å². The van der Waals surface area contributed by atoms with Crippen LogP contribution in [0.1, 0.15) is 13.8 Å². The monoisotopic (exact) mass is 180 g/mol. The molecular formula is C5H10NOSe-. The third-order valence-electron chi connectivity index (χ3n) is 1.02. The third kappa shape index (κ3) is 2.34. The Labute approximate surface area is 58.1 Å². The van der Waals surface area contributed by atoms with E-state index >= 15 is 0 Å². The van der Waals surface area contributed by atoms with Crippen LogP contribution in [-0.4, -0.2) is 38.8 Å². The predicted molar refractivity (Wildman–Crippen MR) is 34.1 cm³/mol. The van der Waals surface area contributed by atoms with Gasteiger partial charge in [-0.1, -0.05) is 0 Å². The zero-order valence-electron chi connectivity index (χ0n) is 5.18. The number of carbonyl (C=O) groups excluding carboxylic acids is 1. The Morgan fingerprint density at radius 2 is 1.88 bits per heavy atom. The standard InChI is InChI=1S/C5H11NOSe/c1-3-6(4-2)5(7)8/h3-4H2,1-2H3,(H,7,8)/p-1. The molecule has 0 aromatic carbocycles. The Hall–Kier alpha value is -0.0105. The number of amides is 1. The van der Waals surface area contributed by atoms with Crippen LogP contribution in [0.25, 0.3) is 0 Å². The first kappa shape index (κ1) is 7.99. The minimum atomic E-state index is 0.0370. The molecule has 0 saturated carbocycles. The summed E-state index contributed by atoms with van der Waals surface area (Å²) in [6, 6.07) is 0. The molecule has 0 atom stereocenters. The molecule has 0 unspecified atom stereocenters. The second-order valence-corrected chi connectivity index (χ2v) is 2.17. The fourth-order valence-corrected chi connectivity index (χ4v) is 1.02. The summed E-state index contributed by atoms with van der Waals surface area (Å²) >= 11 is 2.43. The molecule has 1 amide bonds. The molecule has 0 fully saturated rings. The van der Waals surface area contributed by atoms with Gasteiger partial charge in [0.25, 0.3) is 0 Å². The quantitative estimate of drug-likeness (QED) is 0.569. The Kier molecular flexibility index (Phi) is 3.92. The second kappa shape index (κ2) is 3.93. The van der Waals surface area contributed by atoms with E-state index < -0.39 is 0 Å². The van der Waals surface area contributed by atoms with E-state index in [2.05, 4.69) is 16.0 Å². The van der Waals surface area contributed by atoms with Crippen molar-refractivity contribution >= 4 is 20.8 Å².